The third kappa shape index (κ3) is 5.06. The van der Waals surface area contributed by atoms with Gasteiger partial charge in [-0.05, 0) is 20.8 Å². The molecule has 0 atom stereocenters. The van der Waals surface area contributed by atoms with Crippen molar-refractivity contribution in [2.45, 2.75) is 53.6 Å². The molecule has 2 N–H and O–H groups in total. The zero-order valence-corrected chi connectivity index (χ0v) is 15.3. The molecule has 0 fully saturated rings. The molecule has 0 spiro atoms. The summed E-state index contributed by atoms with van der Waals surface area (Å²) in [6, 6.07) is 0. The number of rotatable bonds is 6. The highest BCUT2D eigenvalue weighted by Gasteiger charge is 2.08. The van der Waals surface area contributed by atoms with Crippen LogP contribution in [0.1, 0.15) is 54.7 Å². The molecule has 0 saturated carbocycles. The highest BCUT2D eigenvalue weighted by molar-refractivity contribution is 7.09. The van der Waals surface area contributed by atoms with Crippen LogP contribution in [0, 0.1) is 13.8 Å². The third-order valence-electron chi connectivity index (χ3n) is 3.29. The van der Waals surface area contributed by atoms with Crippen molar-refractivity contribution in [2.24, 2.45) is 4.99 Å². The molecule has 2 rings (SSSR count). The molecule has 0 aliphatic heterocycles. The van der Waals surface area contributed by atoms with Crippen molar-refractivity contribution in [3.8, 4) is 0 Å². The van der Waals surface area contributed by atoms with Gasteiger partial charge in [0.05, 0.1) is 29.5 Å². The molecular weight excluding hydrogens is 310 g/mol. The Balaban J connectivity index is 1.96. The summed E-state index contributed by atoms with van der Waals surface area (Å²) in [7, 11) is 0. The molecule has 0 aliphatic rings. The second-order valence-corrected chi connectivity index (χ2v) is 6.52. The van der Waals surface area contributed by atoms with Crippen molar-refractivity contribution in [1.29, 1.82) is 0 Å². The molecule has 0 bridgehead atoms. The largest absolute Gasteiger partial charge is 0.444 e. The Bertz CT molecular complexity index is 640. The van der Waals surface area contributed by atoms with Gasteiger partial charge in [0.1, 0.15) is 5.76 Å². The Labute approximate surface area is 141 Å². The smallest absolute Gasteiger partial charge is 0.214 e. The van der Waals surface area contributed by atoms with E-state index in [9.17, 15) is 0 Å². The number of oxazole rings is 1. The van der Waals surface area contributed by atoms with E-state index in [1.165, 1.54) is 0 Å². The number of nitrogens with zero attached hydrogens (tertiary/aromatic N) is 3. The molecule has 2 aromatic heterocycles. The summed E-state index contributed by atoms with van der Waals surface area (Å²) in [5, 5.41) is 9.68. The fraction of sp³-hybridized carbons (Fsp3) is 0.562. The van der Waals surface area contributed by atoms with Gasteiger partial charge in [-0.25, -0.2) is 15.0 Å². The van der Waals surface area contributed by atoms with E-state index in [0.717, 1.165) is 34.7 Å². The minimum atomic E-state index is 0.459. The molecule has 0 radical (unpaired) electrons. The lowest BCUT2D eigenvalue weighted by Gasteiger charge is -2.09. The highest BCUT2D eigenvalue weighted by Crippen LogP contribution is 2.19. The Hall–Kier alpha value is -1.89. The standard InChI is InChI=1S/C16H25N5OS/c1-6-17-16(19-8-14-20-11(4)12(5)22-14)18-7-13-9-23-15(21-13)10(2)3/h9-10H,6-8H2,1-5H3,(H2,17,18,19). The first-order chi connectivity index (χ1) is 11.0. The molecule has 7 heteroatoms. The monoisotopic (exact) mass is 335 g/mol. The Kier molecular flexibility index (Phi) is 6.15. The Morgan fingerprint density at radius 1 is 1.30 bits per heavy atom. The zero-order chi connectivity index (χ0) is 16.8. The molecule has 0 unspecified atom stereocenters. The van der Waals surface area contributed by atoms with Crippen LogP contribution >= 0.6 is 11.3 Å². The van der Waals surface area contributed by atoms with Gasteiger partial charge in [0.2, 0.25) is 5.89 Å². The van der Waals surface area contributed by atoms with Crippen molar-refractivity contribution in [2.75, 3.05) is 6.54 Å². The van der Waals surface area contributed by atoms with Crippen LogP contribution in [0.5, 0.6) is 0 Å². The third-order valence-corrected chi connectivity index (χ3v) is 4.48. The number of hydrogen-bond acceptors (Lipinski definition) is 5. The maximum atomic E-state index is 5.57. The van der Waals surface area contributed by atoms with Crippen molar-refractivity contribution >= 4 is 17.3 Å². The lowest BCUT2D eigenvalue weighted by Crippen LogP contribution is -2.36. The average molecular weight is 335 g/mol. The first-order valence-corrected chi connectivity index (χ1v) is 8.77. The first kappa shape index (κ1) is 17.5. The van der Waals surface area contributed by atoms with Gasteiger partial charge in [0.15, 0.2) is 5.96 Å². The van der Waals surface area contributed by atoms with Gasteiger partial charge < -0.3 is 15.1 Å². The summed E-state index contributed by atoms with van der Waals surface area (Å²) >= 11 is 1.69. The molecule has 0 aromatic carbocycles. The van der Waals surface area contributed by atoms with E-state index in [4.69, 9.17) is 4.42 Å². The molecule has 0 amide bonds. The van der Waals surface area contributed by atoms with Crippen molar-refractivity contribution in [1.82, 2.24) is 20.6 Å². The Morgan fingerprint density at radius 3 is 2.65 bits per heavy atom. The fourth-order valence-electron chi connectivity index (χ4n) is 1.94. The van der Waals surface area contributed by atoms with Crippen molar-refractivity contribution < 1.29 is 4.42 Å². The molecule has 2 aromatic rings. The van der Waals surface area contributed by atoms with Crippen LogP contribution in [0.2, 0.25) is 0 Å². The predicted molar refractivity (Wildman–Crippen MR) is 93.8 cm³/mol. The van der Waals surface area contributed by atoms with Crippen LogP contribution in [0.4, 0.5) is 0 Å². The van der Waals surface area contributed by atoms with Crippen LogP contribution in [0.25, 0.3) is 0 Å². The number of aromatic nitrogens is 2. The number of hydrogen-bond donors (Lipinski definition) is 2. The van der Waals surface area contributed by atoms with E-state index in [0.29, 0.717) is 24.9 Å². The molecule has 126 valence electrons. The van der Waals surface area contributed by atoms with E-state index in [-0.39, 0.29) is 0 Å². The van der Waals surface area contributed by atoms with Crippen LogP contribution in [-0.4, -0.2) is 22.5 Å². The normalized spacial score (nSPS) is 12.0. The van der Waals surface area contributed by atoms with E-state index < -0.39 is 0 Å². The van der Waals surface area contributed by atoms with Gasteiger partial charge in [-0.3, -0.25) is 0 Å². The summed E-state index contributed by atoms with van der Waals surface area (Å²) < 4.78 is 5.57. The predicted octanol–water partition coefficient (Wildman–Crippen LogP) is 3.13. The summed E-state index contributed by atoms with van der Waals surface area (Å²) in [6.07, 6.45) is 0. The molecule has 6 nitrogen and oxygen atoms in total. The average Bonchev–Trinajstić information content (AvgIpc) is 3.10. The number of nitrogens with one attached hydrogen (secondary N) is 2. The van der Waals surface area contributed by atoms with Gasteiger partial charge in [-0.1, -0.05) is 13.8 Å². The lowest BCUT2D eigenvalue weighted by molar-refractivity contribution is 0.463. The van der Waals surface area contributed by atoms with Gasteiger partial charge >= 0.3 is 0 Å². The summed E-state index contributed by atoms with van der Waals surface area (Å²) in [5.41, 5.74) is 1.92. The Morgan fingerprint density at radius 2 is 2.09 bits per heavy atom. The molecule has 0 aliphatic carbocycles. The van der Waals surface area contributed by atoms with Crippen molar-refractivity contribution in [3.05, 3.63) is 33.4 Å². The minimum Gasteiger partial charge on any atom is -0.444 e. The quantitative estimate of drug-likeness (QED) is 0.626. The second kappa shape index (κ2) is 8.10. The summed E-state index contributed by atoms with van der Waals surface area (Å²) in [6.45, 7) is 12.1. The lowest BCUT2D eigenvalue weighted by atomic mass is 10.2. The van der Waals surface area contributed by atoms with Gasteiger partial charge in [-0.2, -0.15) is 0 Å². The minimum absolute atomic E-state index is 0.459. The van der Waals surface area contributed by atoms with Gasteiger partial charge in [-0.15, -0.1) is 11.3 Å². The topological polar surface area (TPSA) is 75.3 Å². The van der Waals surface area contributed by atoms with E-state index in [1.54, 1.807) is 11.3 Å². The van der Waals surface area contributed by atoms with Crippen LogP contribution in [0.3, 0.4) is 0 Å². The highest BCUT2D eigenvalue weighted by atomic mass is 32.1. The number of guanidine groups is 1. The molecular formula is C16H25N5OS. The number of aryl methyl sites for hydroxylation is 2. The molecule has 2 heterocycles. The van der Waals surface area contributed by atoms with Crippen LogP contribution < -0.4 is 10.6 Å². The molecule has 0 saturated heterocycles. The fourth-order valence-corrected chi connectivity index (χ4v) is 2.76. The second-order valence-electron chi connectivity index (χ2n) is 5.63. The summed E-state index contributed by atoms with van der Waals surface area (Å²) in [4.78, 5) is 13.5. The van der Waals surface area contributed by atoms with E-state index in [1.807, 2.05) is 20.8 Å². The van der Waals surface area contributed by atoms with Gasteiger partial charge in [0, 0.05) is 17.8 Å². The van der Waals surface area contributed by atoms with E-state index >= 15 is 0 Å². The van der Waals surface area contributed by atoms with Crippen molar-refractivity contribution in [3.63, 3.8) is 0 Å². The number of thiazole rings is 1. The van der Waals surface area contributed by atoms with Crippen LogP contribution in [0.15, 0.2) is 14.8 Å². The van der Waals surface area contributed by atoms with Crippen LogP contribution in [-0.2, 0) is 13.1 Å². The van der Waals surface area contributed by atoms with E-state index in [2.05, 4.69) is 44.8 Å². The molecule has 23 heavy (non-hydrogen) atoms. The maximum Gasteiger partial charge on any atom is 0.214 e. The zero-order valence-electron chi connectivity index (χ0n) is 14.4. The number of aliphatic imine (C=N–C) groups is 1. The SMILES string of the molecule is CCNC(=NCc1csc(C(C)C)n1)NCc1nc(C)c(C)o1. The maximum absolute atomic E-state index is 5.57. The first-order valence-electron chi connectivity index (χ1n) is 7.89. The van der Waals surface area contributed by atoms with Gasteiger partial charge in [0.25, 0.3) is 0 Å². The summed E-state index contributed by atoms with van der Waals surface area (Å²) in [5.74, 6) is 2.72.